The van der Waals surface area contributed by atoms with Gasteiger partial charge in [-0.1, -0.05) is 18.2 Å². The van der Waals surface area contributed by atoms with Crippen LogP contribution in [0.3, 0.4) is 0 Å². The number of para-hydroxylation sites is 1. The first-order valence-electron chi connectivity index (χ1n) is 8.05. The molecular weight excluding hydrogens is 314 g/mol. The van der Waals surface area contributed by atoms with Crippen LogP contribution in [0.25, 0.3) is 0 Å². The van der Waals surface area contributed by atoms with Crippen molar-refractivity contribution < 1.29 is 9.59 Å². The lowest BCUT2D eigenvalue weighted by molar-refractivity contribution is -0.123. The molecule has 5 nitrogen and oxygen atoms in total. The maximum Gasteiger partial charge on any atom is 0.240 e. The van der Waals surface area contributed by atoms with E-state index in [0.29, 0.717) is 18.9 Å². The fraction of sp³-hybridized carbons (Fsp3) is 0.529. The van der Waals surface area contributed by atoms with Gasteiger partial charge in [-0.2, -0.15) is 0 Å². The van der Waals surface area contributed by atoms with E-state index in [1.165, 1.54) is 0 Å². The molecule has 0 bridgehead atoms. The molecule has 3 N–H and O–H groups in total. The summed E-state index contributed by atoms with van der Waals surface area (Å²) < 4.78 is 0. The van der Waals surface area contributed by atoms with Crippen LogP contribution in [0, 0.1) is 5.92 Å². The van der Waals surface area contributed by atoms with Gasteiger partial charge in [0.2, 0.25) is 11.8 Å². The van der Waals surface area contributed by atoms with E-state index in [0.717, 1.165) is 36.9 Å². The first kappa shape index (κ1) is 17.8. The number of anilines is 1. The molecule has 1 heterocycles. The molecule has 1 aliphatic carbocycles. The molecule has 1 aliphatic heterocycles. The van der Waals surface area contributed by atoms with Crippen LogP contribution in [-0.4, -0.2) is 30.9 Å². The Balaban J connectivity index is 0.00000192. The maximum atomic E-state index is 12.3. The number of benzene rings is 1. The summed E-state index contributed by atoms with van der Waals surface area (Å²) in [6, 6.07) is 7.87. The molecule has 1 atom stereocenters. The largest absolute Gasteiger partial charge is 0.353 e. The number of nitrogens with one attached hydrogen (secondary N) is 1. The van der Waals surface area contributed by atoms with E-state index >= 15 is 0 Å². The molecule has 0 saturated heterocycles. The van der Waals surface area contributed by atoms with Crippen molar-refractivity contribution >= 4 is 29.9 Å². The zero-order valence-corrected chi connectivity index (χ0v) is 14.0. The molecule has 2 aliphatic rings. The number of nitrogens with two attached hydrogens (primary N) is 1. The minimum absolute atomic E-state index is 0. The van der Waals surface area contributed by atoms with E-state index in [2.05, 4.69) is 5.32 Å². The minimum Gasteiger partial charge on any atom is -0.353 e. The first-order chi connectivity index (χ1) is 10.6. The van der Waals surface area contributed by atoms with Gasteiger partial charge in [0.15, 0.2) is 0 Å². The average molecular weight is 338 g/mol. The summed E-state index contributed by atoms with van der Waals surface area (Å²) in [7, 11) is 0. The predicted molar refractivity (Wildman–Crippen MR) is 92.7 cm³/mol. The topological polar surface area (TPSA) is 75.4 Å². The Kier molecular flexibility index (Phi) is 6.02. The molecule has 1 aromatic rings. The Labute approximate surface area is 143 Å². The van der Waals surface area contributed by atoms with E-state index in [4.69, 9.17) is 5.73 Å². The third-order valence-electron chi connectivity index (χ3n) is 4.48. The van der Waals surface area contributed by atoms with Crippen molar-refractivity contribution in [1.29, 1.82) is 0 Å². The quantitative estimate of drug-likeness (QED) is 0.857. The molecule has 0 spiro atoms. The summed E-state index contributed by atoms with van der Waals surface area (Å²) in [5, 5.41) is 2.87. The Morgan fingerprint density at radius 1 is 1.30 bits per heavy atom. The highest BCUT2D eigenvalue weighted by Crippen LogP contribution is 2.31. The first-order valence-corrected chi connectivity index (χ1v) is 8.05. The van der Waals surface area contributed by atoms with E-state index < -0.39 is 0 Å². The second-order valence-electron chi connectivity index (χ2n) is 6.27. The SMILES string of the molecule is Cl.NC(CNC(=O)CN1C(=O)CCCc2ccccc21)C1CC1. The van der Waals surface area contributed by atoms with Crippen molar-refractivity contribution in [2.45, 2.75) is 38.1 Å². The zero-order valence-electron chi connectivity index (χ0n) is 13.2. The summed E-state index contributed by atoms with van der Waals surface area (Å²) in [6.07, 6.45) is 4.53. The molecule has 1 unspecified atom stereocenters. The third-order valence-corrected chi connectivity index (χ3v) is 4.48. The number of rotatable bonds is 5. The van der Waals surface area contributed by atoms with Crippen LogP contribution in [0.2, 0.25) is 0 Å². The smallest absolute Gasteiger partial charge is 0.240 e. The van der Waals surface area contributed by atoms with Crippen molar-refractivity contribution in [3.8, 4) is 0 Å². The van der Waals surface area contributed by atoms with Gasteiger partial charge in [-0.25, -0.2) is 0 Å². The van der Waals surface area contributed by atoms with Gasteiger partial charge >= 0.3 is 0 Å². The molecule has 1 fully saturated rings. The standard InChI is InChI=1S/C17H23N3O2.ClH/c18-14(12-8-9-12)10-19-16(21)11-20-15-6-2-1-4-13(15)5-3-7-17(20)22;/h1-2,4,6,12,14H,3,5,7-11,18H2,(H,19,21);1H. The number of amides is 2. The second-order valence-corrected chi connectivity index (χ2v) is 6.27. The summed E-state index contributed by atoms with van der Waals surface area (Å²) in [5.74, 6) is 0.439. The predicted octanol–water partition coefficient (Wildman–Crippen LogP) is 1.63. The van der Waals surface area contributed by atoms with Gasteiger partial charge in [-0.05, 0) is 43.2 Å². The molecular formula is C17H24ClN3O2. The van der Waals surface area contributed by atoms with Gasteiger partial charge in [0.25, 0.3) is 0 Å². The number of halogens is 1. The number of carbonyl (C=O) groups is 2. The third kappa shape index (κ3) is 4.45. The number of hydrogen-bond donors (Lipinski definition) is 2. The van der Waals surface area contributed by atoms with Gasteiger partial charge in [0.05, 0.1) is 0 Å². The fourth-order valence-corrected chi connectivity index (χ4v) is 2.98. The Morgan fingerprint density at radius 2 is 2.04 bits per heavy atom. The average Bonchev–Trinajstić information content (AvgIpc) is 3.35. The number of aryl methyl sites for hydroxylation is 1. The monoisotopic (exact) mass is 337 g/mol. The molecule has 2 amide bonds. The maximum absolute atomic E-state index is 12.3. The van der Waals surface area contributed by atoms with E-state index in [1.54, 1.807) is 4.90 Å². The highest BCUT2D eigenvalue weighted by atomic mass is 35.5. The number of hydrogen-bond acceptors (Lipinski definition) is 3. The van der Waals surface area contributed by atoms with Crippen LogP contribution in [0.15, 0.2) is 24.3 Å². The number of carbonyl (C=O) groups excluding carboxylic acids is 2. The van der Waals surface area contributed by atoms with Crippen molar-refractivity contribution in [2.24, 2.45) is 11.7 Å². The molecule has 1 saturated carbocycles. The molecule has 1 aromatic carbocycles. The van der Waals surface area contributed by atoms with Gasteiger partial charge in [-0.15, -0.1) is 12.4 Å². The van der Waals surface area contributed by atoms with Gasteiger partial charge in [0, 0.05) is 24.7 Å². The van der Waals surface area contributed by atoms with Crippen molar-refractivity contribution in [3.05, 3.63) is 29.8 Å². The van der Waals surface area contributed by atoms with Gasteiger partial charge in [-0.3, -0.25) is 9.59 Å². The molecule has 126 valence electrons. The Morgan fingerprint density at radius 3 is 2.78 bits per heavy atom. The van der Waals surface area contributed by atoms with Crippen LogP contribution in [0.5, 0.6) is 0 Å². The highest BCUT2D eigenvalue weighted by Gasteiger charge is 2.29. The van der Waals surface area contributed by atoms with E-state index in [1.807, 2.05) is 24.3 Å². The van der Waals surface area contributed by atoms with Gasteiger partial charge in [0.1, 0.15) is 6.54 Å². The molecule has 3 rings (SSSR count). The lowest BCUT2D eigenvalue weighted by Gasteiger charge is -2.23. The molecule has 0 aromatic heterocycles. The highest BCUT2D eigenvalue weighted by molar-refractivity contribution is 5.99. The van der Waals surface area contributed by atoms with E-state index in [9.17, 15) is 9.59 Å². The molecule has 23 heavy (non-hydrogen) atoms. The lowest BCUT2D eigenvalue weighted by Crippen LogP contribution is -2.44. The number of nitrogens with zero attached hydrogens (tertiary/aromatic N) is 1. The van der Waals surface area contributed by atoms with Crippen LogP contribution in [0.4, 0.5) is 5.69 Å². The van der Waals surface area contributed by atoms with Crippen LogP contribution < -0.4 is 16.0 Å². The second kappa shape index (κ2) is 7.79. The summed E-state index contributed by atoms with van der Waals surface area (Å²) in [5.41, 5.74) is 8.00. The van der Waals surface area contributed by atoms with Crippen LogP contribution >= 0.6 is 12.4 Å². The van der Waals surface area contributed by atoms with Crippen LogP contribution in [-0.2, 0) is 16.0 Å². The lowest BCUT2D eigenvalue weighted by atomic mass is 10.1. The van der Waals surface area contributed by atoms with Crippen LogP contribution in [0.1, 0.15) is 31.2 Å². The minimum atomic E-state index is -0.138. The Hall–Kier alpha value is -1.59. The van der Waals surface area contributed by atoms with E-state index in [-0.39, 0.29) is 36.8 Å². The Bertz CT molecular complexity index is 575. The van der Waals surface area contributed by atoms with Crippen molar-refractivity contribution in [3.63, 3.8) is 0 Å². The molecule has 0 radical (unpaired) electrons. The fourth-order valence-electron chi connectivity index (χ4n) is 2.98. The normalized spacial score (nSPS) is 18.5. The zero-order chi connectivity index (χ0) is 15.5. The van der Waals surface area contributed by atoms with Gasteiger partial charge < -0.3 is 16.0 Å². The summed E-state index contributed by atoms with van der Waals surface area (Å²) in [4.78, 5) is 26.1. The van der Waals surface area contributed by atoms with Crippen molar-refractivity contribution in [1.82, 2.24) is 5.32 Å². The van der Waals surface area contributed by atoms with Crippen molar-refractivity contribution in [2.75, 3.05) is 18.0 Å². The molecule has 6 heteroatoms. The summed E-state index contributed by atoms with van der Waals surface area (Å²) >= 11 is 0. The summed E-state index contributed by atoms with van der Waals surface area (Å²) in [6.45, 7) is 0.570. The number of fused-ring (bicyclic) bond motifs is 1.